The van der Waals surface area contributed by atoms with Gasteiger partial charge in [-0.15, -0.1) is 0 Å². The fourth-order valence-corrected chi connectivity index (χ4v) is 4.46. The van der Waals surface area contributed by atoms with Gasteiger partial charge >= 0.3 is 0 Å². The molecule has 1 atom stereocenters. The van der Waals surface area contributed by atoms with Crippen molar-refractivity contribution in [1.82, 2.24) is 5.43 Å². The summed E-state index contributed by atoms with van der Waals surface area (Å²) in [6.07, 6.45) is 6.54. The molecule has 1 saturated carbocycles. The monoisotopic (exact) mass is 388 g/mol. The summed E-state index contributed by atoms with van der Waals surface area (Å²) in [6.45, 7) is 2.30. The second kappa shape index (κ2) is 7.21. The van der Waals surface area contributed by atoms with Crippen LogP contribution in [-0.4, -0.2) is 0 Å². The maximum atomic E-state index is 5.83. The molecule has 1 aliphatic carbocycles. The molecule has 0 aliphatic heterocycles. The van der Waals surface area contributed by atoms with Crippen molar-refractivity contribution in [3.8, 4) is 0 Å². The molecule has 0 radical (unpaired) electrons. The zero-order valence-corrected chi connectivity index (χ0v) is 14.5. The van der Waals surface area contributed by atoms with E-state index >= 15 is 0 Å². The first kappa shape index (κ1) is 15.5. The number of nitrogens with one attached hydrogen (secondary N) is 1. The second-order valence-electron chi connectivity index (χ2n) is 5.50. The fraction of sp³-hybridized carbons (Fsp3) is 0.600. The van der Waals surface area contributed by atoms with Crippen LogP contribution in [0.1, 0.15) is 50.6 Å². The van der Waals surface area contributed by atoms with E-state index in [0.29, 0.717) is 5.92 Å². The van der Waals surface area contributed by atoms with Crippen molar-refractivity contribution < 1.29 is 0 Å². The molecule has 0 spiro atoms. The first-order valence-corrected chi connectivity index (χ1v) is 8.65. The third kappa shape index (κ3) is 3.81. The lowest BCUT2D eigenvalue weighted by atomic mass is 9.76. The van der Waals surface area contributed by atoms with Crippen LogP contribution in [-0.2, 0) is 0 Å². The third-order valence-corrected chi connectivity index (χ3v) is 5.60. The van der Waals surface area contributed by atoms with Gasteiger partial charge < -0.3 is 0 Å². The van der Waals surface area contributed by atoms with Gasteiger partial charge in [0.25, 0.3) is 0 Å². The molecule has 4 heteroatoms. The number of halogens is 2. The summed E-state index contributed by atoms with van der Waals surface area (Å²) < 4.78 is 2.22. The van der Waals surface area contributed by atoms with Gasteiger partial charge in [-0.25, -0.2) is 0 Å². The van der Waals surface area contributed by atoms with Crippen molar-refractivity contribution in [1.29, 1.82) is 0 Å². The van der Waals surface area contributed by atoms with Crippen molar-refractivity contribution in [3.63, 3.8) is 0 Å². The Labute approximate surface area is 132 Å². The summed E-state index contributed by atoms with van der Waals surface area (Å²) >= 11 is 7.15. The average molecular weight is 390 g/mol. The molecule has 2 rings (SSSR count). The van der Waals surface area contributed by atoms with E-state index in [4.69, 9.17) is 5.84 Å². The van der Waals surface area contributed by atoms with E-state index in [1.807, 2.05) is 0 Å². The molecule has 0 amide bonds. The van der Waals surface area contributed by atoms with Crippen LogP contribution in [0.3, 0.4) is 0 Å². The maximum Gasteiger partial charge on any atom is 0.0499 e. The van der Waals surface area contributed by atoms with Gasteiger partial charge in [0.15, 0.2) is 0 Å². The van der Waals surface area contributed by atoms with E-state index in [1.54, 1.807) is 0 Å². The Balaban J connectivity index is 2.12. The Bertz CT molecular complexity index is 415. The minimum Gasteiger partial charge on any atom is -0.271 e. The van der Waals surface area contributed by atoms with Gasteiger partial charge in [-0.3, -0.25) is 11.3 Å². The number of hydrazine groups is 1. The topological polar surface area (TPSA) is 38.0 Å². The van der Waals surface area contributed by atoms with E-state index in [-0.39, 0.29) is 6.04 Å². The van der Waals surface area contributed by atoms with Gasteiger partial charge in [0, 0.05) is 15.0 Å². The minimum atomic E-state index is 0.250. The molecule has 1 fully saturated rings. The summed E-state index contributed by atoms with van der Waals surface area (Å²) in [6, 6.07) is 6.59. The molecule has 1 aromatic rings. The molecule has 2 nitrogen and oxygen atoms in total. The minimum absolute atomic E-state index is 0.250. The lowest BCUT2D eigenvalue weighted by Crippen LogP contribution is -2.35. The van der Waals surface area contributed by atoms with Crippen LogP contribution in [0.5, 0.6) is 0 Å². The van der Waals surface area contributed by atoms with Crippen molar-refractivity contribution in [3.05, 3.63) is 32.7 Å². The highest BCUT2D eigenvalue weighted by Gasteiger charge is 2.28. The molecule has 0 heterocycles. The van der Waals surface area contributed by atoms with E-state index in [0.717, 1.165) is 14.9 Å². The Kier molecular flexibility index (Phi) is 5.87. The van der Waals surface area contributed by atoms with Crippen molar-refractivity contribution in [2.75, 3.05) is 0 Å². The van der Waals surface area contributed by atoms with Crippen molar-refractivity contribution >= 4 is 31.9 Å². The Morgan fingerprint density at radius 1 is 1.26 bits per heavy atom. The second-order valence-corrected chi connectivity index (χ2v) is 7.27. The van der Waals surface area contributed by atoms with Gasteiger partial charge in [0.2, 0.25) is 0 Å². The zero-order chi connectivity index (χ0) is 13.8. The van der Waals surface area contributed by atoms with Gasteiger partial charge in [-0.1, -0.05) is 64.1 Å². The molecular formula is C15H22Br2N2. The summed E-state index contributed by atoms with van der Waals surface area (Å²) in [5.41, 5.74) is 4.31. The van der Waals surface area contributed by atoms with E-state index in [1.165, 1.54) is 37.7 Å². The highest BCUT2D eigenvalue weighted by atomic mass is 79.9. The Hall–Kier alpha value is 0.1000. The van der Waals surface area contributed by atoms with Gasteiger partial charge in [-0.05, 0) is 42.4 Å². The number of hydrogen-bond donors (Lipinski definition) is 2. The van der Waals surface area contributed by atoms with E-state index in [9.17, 15) is 0 Å². The molecule has 1 aliphatic rings. The number of hydrogen-bond acceptors (Lipinski definition) is 2. The molecule has 1 aromatic carbocycles. The van der Waals surface area contributed by atoms with Crippen LogP contribution >= 0.6 is 31.9 Å². The van der Waals surface area contributed by atoms with Crippen molar-refractivity contribution in [2.24, 2.45) is 17.7 Å². The highest BCUT2D eigenvalue weighted by Crippen LogP contribution is 2.39. The number of nitrogens with two attached hydrogens (primary N) is 1. The Morgan fingerprint density at radius 3 is 2.47 bits per heavy atom. The van der Waals surface area contributed by atoms with Crippen LogP contribution in [0.2, 0.25) is 0 Å². The quantitative estimate of drug-likeness (QED) is 0.565. The lowest BCUT2D eigenvalue weighted by molar-refractivity contribution is 0.219. The SMILES string of the molecule is CCC1CCC(C(NN)c2ccc(Br)cc2Br)CC1. The smallest absolute Gasteiger partial charge is 0.0499 e. The first-order valence-electron chi connectivity index (χ1n) is 7.06. The lowest BCUT2D eigenvalue weighted by Gasteiger charge is -2.34. The predicted octanol–water partition coefficient (Wildman–Crippen LogP) is 4.93. The standard InChI is InChI=1S/C15H22Br2N2/c1-2-10-3-5-11(6-4-10)15(19-18)13-8-7-12(16)9-14(13)17/h7-11,15,19H,2-6,18H2,1H3. The van der Waals surface area contributed by atoms with E-state index < -0.39 is 0 Å². The zero-order valence-electron chi connectivity index (χ0n) is 11.3. The predicted molar refractivity (Wildman–Crippen MR) is 87.6 cm³/mol. The third-order valence-electron chi connectivity index (χ3n) is 4.42. The van der Waals surface area contributed by atoms with Gasteiger partial charge in [0.05, 0.1) is 0 Å². The summed E-state index contributed by atoms with van der Waals surface area (Å²) in [5.74, 6) is 7.39. The average Bonchev–Trinajstić information content (AvgIpc) is 2.42. The molecule has 0 aromatic heterocycles. The van der Waals surface area contributed by atoms with Crippen molar-refractivity contribution in [2.45, 2.75) is 45.1 Å². The first-order chi connectivity index (χ1) is 9.15. The highest BCUT2D eigenvalue weighted by molar-refractivity contribution is 9.11. The van der Waals surface area contributed by atoms with Crippen LogP contribution in [0.25, 0.3) is 0 Å². The van der Waals surface area contributed by atoms with Crippen LogP contribution < -0.4 is 11.3 Å². The summed E-state index contributed by atoms with van der Waals surface area (Å²) in [4.78, 5) is 0. The summed E-state index contributed by atoms with van der Waals surface area (Å²) in [5, 5.41) is 0. The van der Waals surface area contributed by atoms with Crippen LogP contribution in [0, 0.1) is 11.8 Å². The molecule has 0 bridgehead atoms. The number of rotatable bonds is 4. The maximum absolute atomic E-state index is 5.83. The van der Waals surface area contributed by atoms with Gasteiger partial charge in [-0.2, -0.15) is 0 Å². The summed E-state index contributed by atoms with van der Waals surface area (Å²) in [7, 11) is 0. The van der Waals surface area contributed by atoms with Crippen LogP contribution in [0.15, 0.2) is 27.1 Å². The molecule has 106 valence electrons. The largest absolute Gasteiger partial charge is 0.271 e. The number of benzene rings is 1. The normalized spacial score (nSPS) is 25.3. The van der Waals surface area contributed by atoms with Crippen LogP contribution in [0.4, 0.5) is 0 Å². The Morgan fingerprint density at radius 2 is 1.95 bits per heavy atom. The molecule has 3 N–H and O–H groups in total. The molecule has 0 saturated heterocycles. The molecular weight excluding hydrogens is 368 g/mol. The van der Waals surface area contributed by atoms with E-state index in [2.05, 4.69) is 62.4 Å². The molecule has 1 unspecified atom stereocenters. The van der Waals surface area contributed by atoms with Gasteiger partial charge in [0.1, 0.15) is 0 Å². The molecule has 19 heavy (non-hydrogen) atoms. The fourth-order valence-electron chi connectivity index (χ4n) is 3.16.